The van der Waals surface area contributed by atoms with E-state index in [0.29, 0.717) is 17.8 Å². The molecule has 0 unspecified atom stereocenters. The van der Waals surface area contributed by atoms with Gasteiger partial charge in [0, 0.05) is 22.5 Å². The normalized spacial score (nSPS) is 18.9. The number of rotatable bonds is 6. The SMILES string of the molecule is CC1(C)C=C(CS(=O)(=O)O)c2ccccc2N1CN1c2ccccc2C(CS(=O)(=O)O)=CC1(C)C. The summed E-state index contributed by atoms with van der Waals surface area (Å²) in [4.78, 5) is 4.33. The van der Waals surface area contributed by atoms with E-state index in [0.717, 1.165) is 22.5 Å². The molecule has 8 nitrogen and oxygen atoms in total. The highest BCUT2D eigenvalue weighted by molar-refractivity contribution is 7.86. The number of nitrogens with zero attached hydrogens (tertiary/aromatic N) is 2. The predicted octanol–water partition coefficient (Wildman–Crippen LogP) is 4.08. The molecule has 2 aliphatic heterocycles. The average Bonchev–Trinajstić information content (AvgIpc) is 2.69. The van der Waals surface area contributed by atoms with Crippen LogP contribution >= 0.6 is 0 Å². The van der Waals surface area contributed by atoms with Crippen LogP contribution in [0, 0.1) is 0 Å². The lowest BCUT2D eigenvalue weighted by Crippen LogP contribution is -2.57. The first-order chi connectivity index (χ1) is 16.1. The van der Waals surface area contributed by atoms with Gasteiger partial charge in [-0.2, -0.15) is 16.8 Å². The maximum atomic E-state index is 11.7. The van der Waals surface area contributed by atoms with Gasteiger partial charge in [-0.1, -0.05) is 48.6 Å². The average molecular weight is 519 g/mol. The summed E-state index contributed by atoms with van der Waals surface area (Å²) in [7, 11) is -8.43. The quantitative estimate of drug-likeness (QED) is 0.550. The molecular formula is C25H30N2O6S2. The fourth-order valence-electron chi connectivity index (χ4n) is 5.04. The molecule has 0 amide bonds. The van der Waals surface area contributed by atoms with E-state index in [-0.39, 0.29) is 0 Å². The van der Waals surface area contributed by atoms with Gasteiger partial charge in [-0.3, -0.25) is 9.11 Å². The fraction of sp³-hybridized carbons (Fsp3) is 0.360. The molecule has 2 aliphatic rings. The smallest absolute Gasteiger partial charge is 0.269 e. The molecule has 2 N–H and O–H groups in total. The van der Waals surface area contributed by atoms with Crippen molar-refractivity contribution in [1.29, 1.82) is 0 Å². The first-order valence-corrected chi connectivity index (χ1v) is 14.4. The summed E-state index contributed by atoms with van der Waals surface area (Å²) in [5, 5.41) is 0. The highest BCUT2D eigenvalue weighted by Crippen LogP contribution is 2.43. The molecule has 0 bridgehead atoms. The van der Waals surface area contributed by atoms with E-state index >= 15 is 0 Å². The summed E-state index contributed by atoms with van der Waals surface area (Å²) >= 11 is 0. The Balaban J connectivity index is 1.80. The van der Waals surface area contributed by atoms with Gasteiger partial charge in [0.15, 0.2) is 0 Å². The minimum Gasteiger partial charge on any atom is -0.345 e. The zero-order chi connectivity index (χ0) is 25.8. The summed E-state index contributed by atoms with van der Waals surface area (Å²) < 4.78 is 65.8. The van der Waals surface area contributed by atoms with E-state index < -0.39 is 42.8 Å². The topological polar surface area (TPSA) is 115 Å². The van der Waals surface area contributed by atoms with Crippen LogP contribution in [0.5, 0.6) is 0 Å². The molecule has 35 heavy (non-hydrogen) atoms. The van der Waals surface area contributed by atoms with Crippen molar-refractivity contribution < 1.29 is 25.9 Å². The Morgan fingerprint density at radius 3 is 1.34 bits per heavy atom. The molecule has 2 heterocycles. The van der Waals surface area contributed by atoms with Gasteiger partial charge in [0.2, 0.25) is 0 Å². The van der Waals surface area contributed by atoms with Crippen LogP contribution in [-0.2, 0) is 20.2 Å². The van der Waals surface area contributed by atoms with Gasteiger partial charge in [-0.15, -0.1) is 0 Å². The lowest BCUT2D eigenvalue weighted by molar-refractivity contribution is 0.483. The first kappa shape index (κ1) is 25.4. The van der Waals surface area contributed by atoms with Crippen LogP contribution in [0.1, 0.15) is 38.8 Å². The minimum atomic E-state index is -4.22. The molecule has 10 heteroatoms. The molecule has 188 valence electrons. The third-order valence-electron chi connectivity index (χ3n) is 6.49. The molecule has 0 radical (unpaired) electrons. The Bertz CT molecular complexity index is 1330. The number of benzene rings is 2. The van der Waals surface area contributed by atoms with E-state index in [1.54, 1.807) is 0 Å². The van der Waals surface area contributed by atoms with Crippen molar-refractivity contribution in [2.75, 3.05) is 28.0 Å². The summed E-state index contributed by atoms with van der Waals surface area (Å²) in [6, 6.07) is 15.0. The molecule has 4 rings (SSSR count). The van der Waals surface area contributed by atoms with E-state index in [4.69, 9.17) is 0 Å². The van der Waals surface area contributed by atoms with Crippen LogP contribution in [-0.4, -0.2) is 55.2 Å². The van der Waals surface area contributed by atoms with E-state index in [1.807, 2.05) is 88.4 Å². The van der Waals surface area contributed by atoms with Crippen LogP contribution in [0.4, 0.5) is 11.4 Å². The fourth-order valence-corrected chi connectivity index (χ4v) is 6.30. The Morgan fingerprint density at radius 2 is 1.00 bits per heavy atom. The molecule has 0 aromatic heterocycles. The van der Waals surface area contributed by atoms with Crippen LogP contribution in [0.3, 0.4) is 0 Å². The molecule has 0 saturated heterocycles. The third kappa shape index (κ3) is 5.30. The van der Waals surface area contributed by atoms with Crippen LogP contribution in [0.25, 0.3) is 11.1 Å². The Hall–Kier alpha value is -2.66. The van der Waals surface area contributed by atoms with Crippen LogP contribution < -0.4 is 9.80 Å². The maximum Gasteiger partial charge on any atom is 0.269 e. The molecular weight excluding hydrogens is 488 g/mol. The van der Waals surface area contributed by atoms with E-state index in [9.17, 15) is 25.9 Å². The zero-order valence-electron chi connectivity index (χ0n) is 20.1. The molecule has 0 spiro atoms. The third-order valence-corrected chi connectivity index (χ3v) is 7.84. The van der Waals surface area contributed by atoms with Gasteiger partial charge in [0.05, 0.1) is 17.7 Å². The first-order valence-electron chi connectivity index (χ1n) is 11.2. The highest BCUT2D eigenvalue weighted by Gasteiger charge is 2.39. The molecule has 0 fully saturated rings. The number of para-hydroxylation sites is 2. The maximum absolute atomic E-state index is 11.7. The van der Waals surface area contributed by atoms with Gasteiger partial charge < -0.3 is 9.80 Å². The minimum absolute atomic E-state index is 0.416. The number of fused-ring (bicyclic) bond motifs is 2. The van der Waals surface area contributed by atoms with Crippen molar-refractivity contribution in [3.05, 3.63) is 71.8 Å². The van der Waals surface area contributed by atoms with E-state index in [1.165, 1.54) is 0 Å². The Labute approximate surface area is 207 Å². The zero-order valence-corrected chi connectivity index (χ0v) is 21.8. The van der Waals surface area contributed by atoms with Crippen LogP contribution in [0.2, 0.25) is 0 Å². The van der Waals surface area contributed by atoms with E-state index in [2.05, 4.69) is 9.80 Å². The monoisotopic (exact) mass is 518 g/mol. The van der Waals surface area contributed by atoms with Crippen molar-refractivity contribution in [2.45, 2.75) is 38.8 Å². The lowest BCUT2D eigenvalue weighted by atomic mass is 9.87. The van der Waals surface area contributed by atoms with Crippen molar-refractivity contribution in [3.8, 4) is 0 Å². The molecule has 0 aliphatic carbocycles. The summed E-state index contributed by atoms with van der Waals surface area (Å²) in [6.07, 6.45) is 3.73. The second kappa shape index (κ2) is 8.48. The second-order valence-corrected chi connectivity index (χ2v) is 13.0. The van der Waals surface area contributed by atoms with Gasteiger partial charge in [-0.05, 0) is 51.0 Å². The van der Waals surface area contributed by atoms with Gasteiger partial charge in [0.25, 0.3) is 20.2 Å². The number of anilines is 2. The molecule has 0 saturated carbocycles. The lowest BCUT2D eigenvalue weighted by Gasteiger charge is -2.51. The molecule has 0 atom stereocenters. The highest BCUT2D eigenvalue weighted by atomic mass is 32.2. The van der Waals surface area contributed by atoms with Crippen molar-refractivity contribution in [2.24, 2.45) is 0 Å². The summed E-state index contributed by atoms with van der Waals surface area (Å²) in [5.41, 5.74) is 3.01. The predicted molar refractivity (Wildman–Crippen MR) is 140 cm³/mol. The molecule has 2 aromatic rings. The summed E-state index contributed by atoms with van der Waals surface area (Å²) in [6.45, 7) is 8.34. The van der Waals surface area contributed by atoms with Crippen LogP contribution in [0.15, 0.2) is 60.7 Å². The Morgan fingerprint density at radius 1 is 0.657 bits per heavy atom. The van der Waals surface area contributed by atoms with Gasteiger partial charge in [-0.25, -0.2) is 0 Å². The van der Waals surface area contributed by atoms with Gasteiger partial charge >= 0.3 is 0 Å². The standard InChI is InChI=1S/C25H30N2O6S2/c1-24(2)13-18(15-34(28,29)30)20-9-5-7-11-22(20)26(24)17-27-23-12-8-6-10-21(23)19(14-25(27,3)4)16-35(31,32)33/h5-14H,15-17H2,1-4H3,(H,28,29,30)(H,31,32,33). The van der Waals surface area contributed by atoms with Crippen molar-refractivity contribution in [3.63, 3.8) is 0 Å². The Kier molecular flexibility index (Phi) is 6.16. The largest absolute Gasteiger partial charge is 0.345 e. The van der Waals surface area contributed by atoms with Crippen molar-refractivity contribution in [1.82, 2.24) is 0 Å². The number of hydrogen-bond acceptors (Lipinski definition) is 6. The molecule has 2 aromatic carbocycles. The summed E-state index contributed by atoms with van der Waals surface area (Å²) in [5.74, 6) is -0.942. The van der Waals surface area contributed by atoms with Crippen molar-refractivity contribution >= 4 is 42.8 Å². The number of hydrogen-bond donors (Lipinski definition) is 2. The second-order valence-electron chi connectivity index (χ2n) is 10.1. The van der Waals surface area contributed by atoms with Gasteiger partial charge in [0.1, 0.15) is 11.5 Å².